The summed E-state index contributed by atoms with van der Waals surface area (Å²) >= 11 is 0. The molecule has 0 radical (unpaired) electrons. The average Bonchev–Trinajstić information content (AvgIpc) is 3.18. The molecule has 0 saturated heterocycles. The van der Waals surface area contributed by atoms with Crippen LogP contribution >= 0.6 is 0 Å². The van der Waals surface area contributed by atoms with Crippen LogP contribution in [0.4, 0.5) is 19.0 Å². The lowest BCUT2D eigenvalue weighted by Gasteiger charge is -2.25. The Morgan fingerprint density at radius 3 is 2.55 bits per heavy atom. The van der Waals surface area contributed by atoms with Crippen LogP contribution in [0.5, 0.6) is 0 Å². The van der Waals surface area contributed by atoms with Crippen LogP contribution in [0.25, 0.3) is 0 Å². The van der Waals surface area contributed by atoms with Crippen LogP contribution in [-0.2, 0) is 6.18 Å². The van der Waals surface area contributed by atoms with Gasteiger partial charge in [0.1, 0.15) is 17.3 Å². The smallest absolute Gasteiger partial charge is 0.384 e. The number of nitrogen functional groups attached to an aromatic ring is 1. The number of nitrogens with one attached hydrogen (secondary N) is 1. The number of nitrogens with zero attached hydrogens (tertiary/aromatic N) is 2. The van der Waals surface area contributed by atoms with Gasteiger partial charge in [0.05, 0.1) is 5.56 Å². The molecule has 7 heteroatoms. The first kappa shape index (κ1) is 14.6. The lowest BCUT2D eigenvalue weighted by Crippen LogP contribution is -2.30. The maximum Gasteiger partial charge on any atom is 0.433 e. The van der Waals surface area contributed by atoms with Gasteiger partial charge in [0.25, 0.3) is 0 Å². The third-order valence-electron chi connectivity index (χ3n) is 3.31. The van der Waals surface area contributed by atoms with E-state index in [0.29, 0.717) is 19.0 Å². The van der Waals surface area contributed by atoms with Crippen LogP contribution in [0.3, 0.4) is 0 Å². The zero-order valence-corrected chi connectivity index (χ0v) is 11.2. The summed E-state index contributed by atoms with van der Waals surface area (Å²) < 4.78 is 38.3. The average molecular weight is 286 g/mol. The highest BCUT2D eigenvalue weighted by Gasteiger charge is 2.34. The molecular formula is C13H17F3N4. The number of amidine groups is 1. The summed E-state index contributed by atoms with van der Waals surface area (Å²) in [5.74, 6) is 0.392. The quantitative estimate of drug-likeness (QED) is 0.646. The molecule has 0 aliphatic heterocycles. The van der Waals surface area contributed by atoms with Gasteiger partial charge in [-0.25, -0.2) is 4.98 Å². The van der Waals surface area contributed by atoms with Crippen LogP contribution in [0.1, 0.15) is 31.0 Å². The van der Waals surface area contributed by atoms with Crippen molar-refractivity contribution < 1.29 is 13.2 Å². The number of pyridine rings is 1. The van der Waals surface area contributed by atoms with E-state index in [1.54, 1.807) is 4.90 Å². The second-order valence-corrected chi connectivity index (χ2v) is 4.96. The highest BCUT2D eigenvalue weighted by Crippen LogP contribution is 2.34. The molecule has 0 unspecified atom stereocenters. The Kier molecular flexibility index (Phi) is 3.87. The standard InChI is InChI=1S/C13H17F3N4/c1-2-20(7-8-3-4-8)12-9(11(17)18)5-6-10(19-12)13(14,15)16/h5-6,8H,2-4,7H2,1H3,(H3,17,18). The second-order valence-electron chi connectivity index (χ2n) is 4.96. The Labute approximate surface area is 115 Å². The third-order valence-corrected chi connectivity index (χ3v) is 3.31. The van der Waals surface area contributed by atoms with Crippen molar-refractivity contribution >= 4 is 11.7 Å². The minimum atomic E-state index is -4.50. The molecule has 0 amide bonds. The molecule has 0 spiro atoms. The van der Waals surface area contributed by atoms with Gasteiger partial charge in [-0.2, -0.15) is 13.2 Å². The van der Waals surface area contributed by atoms with Gasteiger partial charge in [-0.05, 0) is 37.8 Å². The summed E-state index contributed by atoms with van der Waals surface area (Å²) in [5.41, 5.74) is 4.75. The second kappa shape index (κ2) is 5.30. The highest BCUT2D eigenvalue weighted by molar-refractivity contribution is 5.99. The number of anilines is 1. The summed E-state index contributed by atoms with van der Waals surface area (Å²) in [6, 6.07) is 2.09. The van der Waals surface area contributed by atoms with E-state index in [4.69, 9.17) is 11.1 Å². The fourth-order valence-electron chi connectivity index (χ4n) is 2.03. The monoisotopic (exact) mass is 286 g/mol. The summed E-state index contributed by atoms with van der Waals surface area (Å²) in [5, 5.41) is 7.50. The third kappa shape index (κ3) is 3.20. The predicted octanol–water partition coefficient (Wildman–Crippen LogP) is 2.62. The molecule has 2 rings (SSSR count). The first-order valence-corrected chi connectivity index (χ1v) is 6.50. The minimum absolute atomic E-state index is 0.154. The van der Waals surface area contributed by atoms with E-state index in [0.717, 1.165) is 18.9 Å². The summed E-state index contributed by atoms with van der Waals surface area (Å²) in [6.45, 7) is 3.05. The summed E-state index contributed by atoms with van der Waals surface area (Å²) in [6.07, 6.45) is -2.32. The Hall–Kier alpha value is -1.79. The molecule has 20 heavy (non-hydrogen) atoms. The zero-order chi connectivity index (χ0) is 14.9. The zero-order valence-electron chi connectivity index (χ0n) is 11.2. The van der Waals surface area contributed by atoms with E-state index in [2.05, 4.69) is 4.98 Å². The van der Waals surface area contributed by atoms with Crippen LogP contribution in [0.15, 0.2) is 12.1 Å². The van der Waals surface area contributed by atoms with Crippen LogP contribution in [0, 0.1) is 11.3 Å². The Morgan fingerprint density at radius 1 is 1.45 bits per heavy atom. The van der Waals surface area contributed by atoms with Gasteiger partial charge < -0.3 is 10.6 Å². The van der Waals surface area contributed by atoms with Crippen molar-refractivity contribution in [3.8, 4) is 0 Å². The molecule has 1 aliphatic rings. The molecule has 1 fully saturated rings. The van der Waals surface area contributed by atoms with Gasteiger partial charge in [0.2, 0.25) is 0 Å². The van der Waals surface area contributed by atoms with E-state index >= 15 is 0 Å². The van der Waals surface area contributed by atoms with Crippen molar-refractivity contribution in [2.45, 2.75) is 25.9 Å². The number of alkyl halides is 3. The van der Waals surface area contributed by atoms with Crippen LogP contribution in [-0.4, -0.2) is 23.9 Å². The fraction of sp³-hybridized carbons (Fsp3) is 0.538. The first-order chi connectivity index (χ1) is 9.32. The highest BCUT2D eigenvalue weighted by atomic mass is 19.4. The SMILES string of the molecule is CCN(CC1CC1)c1nc(C(F)(F)F)ccc1C(=N)N. The van der Waals surface area contributed by atoms with Crippen molar-refractivity contribution in [3.63, 3.8) is 0 Å². The molecule has 1 aliphatic carbocycles. The van der Waals surface area contributed by atoms with E-state index < -0.39 is 11.9 Å². The predicted molar refractivity (Wildman–Crippen MR) is 70.9 cm³/mol. The van der Waals surface area contributed by atoms with Gasteiger partial charge in [-0.3, -0.25) is 5.41 Å². The Bertz CT molecular complexity index is 509. The number of rotatable bonds is 5. The van der Waals surface area contributed by atoms with E-state index in [1.165, 1.54) is 6.07 Å². The van der Waals surface area contributed by atoms with Gasteiger partial charge in [0, 0.05) is 13.1 Å². The van der Waals surface area contributed by atoms with Gasteiger partial charge >= 0.3 is 6.18 Å². The van der Waals surface area contributed by atoms with Crippen molar-refractivity contribution in [3.05, 3.63) is 23.4 Å². The molecule has 0 bridgehead atoms. The maximum atomic E-state index is 12.8. The van der Waals surface area contributed by atoms with Gasteiger partial charge in [0.15, 0.2) is 0 Å². The number of aromatic nitrogens is 1. The molecule has 1 aromatic rings. The summed E-state index contributed by atoms with van der Waals surface area (Å²) in [4.78, 5) is 5.46. The normalized spacial score (nSPS) is 15.2. The van der Waals surface area contributed by atoms with E-state index in [-0.39, 0.29) is 17.2 Å². The molecular weight excluding hydrogens is 269 g/mol. The molecule has 1 aromatic heterocycles. The molecule has 0 aromatic carbocycles. The lowest BCUT2D eigenvalue weighted by atomic mass is 10.2. The fourth-order valence-corrected chi connectivity index (χ4v) is 2.03. The maximum absolute atomic E-state index is 12.8. The molecule has 4 nitrogen and oxygen atoms in total. The van der Waals surface area contributed by atoms with Crippen molar-refractivity contribution in [1.29, 1.82) is 5.41 Å². The minimum Gasteiger partial charge on any atom is -0.384 e. The van der Waals surface area contributed by atoms with E-state index in [9.17, 15) is 13.2 Å². The van der Waals surface area contributed by atoms with E-state index in [1.807, 2.05) is 6.92 Å². The first-order valence-electron chi connectivity index (χ1n) is 6.50. The number of hydrogen-bond donors (Lipinski definition) is 2. The molecule has 110 valence electrons. The van der Waals surface area contributed by atoms with Crippen LogP contribution in [0.2, 0.25) is 0 Å². The Balaban J connectivity index is 2.41. The number of hydrogen-bond acceptors (Lipinski definition) is 3. The largest absolute Gasteiger partial charge is 0.433 e. The Morgan fingerprint density at radius 2 is 2.10 bits per heavy atom. The molecule has 0 atom stereocenters. The molecule has 3 N–H and O–H groups in total. The molecule has 1 saturated carbocycles. The molecule has 1 heterocycles. The van der Waals surface area contributed by atoms with Gasteiger partial charge in [-0.15, -0.1) is 0 Å². The van der Waals surface area contributed by atoms with Crippen molar-refractivity contribution in [1.82, 2.24) is 4.98 Å². The van der Waals surface area contributed by atoms with Crippen molar-refractivity contribution in [2.24, 2.45) is 11.7 Å². The number of nitrogens with two attached hydrogens (primary N) is 1. The topological polar surface area (TPSA) is 66.0 Å². The van der Waals surface area contributed by atoms with Gasteiger partial charge in [-0.1, -0.05) is 0 Å². The number of halogens is 3. The summed E-state index contributed by atoms with van der Waals surface area (Å²) in [7, 11) is 0. The lowest BCUT2D eigenvalue weighted by molar-refractivity contribution is -0.141. The van der Waals surface area contributed by atoms with Crippen molar-refractivity contribution in [2.75, 3.05) is 18.0 Å². The van der Waals surface area contributed by atoms with Crippen LogP contribution < -0.4 is 10.6 Å².